The van der Waals surface area contributed by atoms with Crippen LogP contribution in [0, 0.1) is 0 Å². The van der Waals surface area contributed by atoms with Gasteiger partial charge in [-0.1, -0.05) is 25.6 Å². The molecule has 1 aromatic rings. The second-order valence-corrected chi connectivity index (χ2v) is 6.35. The van der Waals surface area contributed by atoms with Crippen LogP contribution in [0.25, 0.3) is 0 Å². The highest BCUT2D eigenvalue weighted by molar-refractivity contribution is 7.99. The molecule has 0 spiro atoms. The zero-order valence-electron chi connectivity index (χ0n) is 12.1. The van der Waals surface area contributed by atoms with Crippen molar-refractivity contribution in [2.24, 2.45) is 0 Å². The number of aromatic nitrogens is 3. The van der Waals surface area contributed by atoms with E-state index in [1.165, 1.54) is 11.8 Å². The van der Waals surface area contributed by atoms with Crippen LogP contribution in [0.3, 0.4) is 0 Å². The lowest BCUT2D eigenvalue weighted by molar-refractivity contribution is -0.133. The first-order valence-corrected chi connectivity index (χ1v) is 7.88. The summed E-state index contributed by atoms with van der Waals surface area (Å²) in [5.41, 5.74) is 0. The summed E-state index contributed by atoms with van der Waals surface area (Å²) in [4.78, 5) is 10.8. The molecule has 0 amide bonds. The Hall–Kier alpha value is -1.08. The summed E-state index contributed by atoms with van der Waals surface area (Å²) in [6, 6.07) is 0.294. The molecular weight excluding hydrogens is 278 g/mol. The van der Waals surface area contributed by atoms with Crippen LogP contribution in [0.2, 0.25) is 0 Å². The van der Waals surface area contributed by atoms with Gasteiger partial charge in [-0.15, -0.1) is 10.2 Å². The summed E-state index contributed by atoms with van der Waals surface area (Å²) in [6.07, 6.45) is 2.05. The third-order valence-electron chi connectivity index (χ3n) is 3.35. The van der Waals surface area contributed by atoms with Gasteiger partial charge in [0.1, 0.15) is 5.82 Å². The lowest BCUT2D eigenvalue weighted by atomic mass is 10.0. The summed E-state index contributed by atoms with van der Waals surface area (Å²) in [5, 5.41) is 18.0. The highest BCUT2D eigenvalue weighted by Gasteiger charge is 2.27. The van der Waals surface area contributed by atoms with Crippen LogP contribution in [-0.4, -0.2) is 44.3 Å². The third-order valence-corrected chi connectivity index (χ3v) is 4.28. The molecule has 0 radical (unpaired) electrons. The van der Waals surface area contributed by atoms with Crippen LogP contribution in [0.5, 0.6) is 0 Å². The Bertz CT molecular complexity index is 475. The smallest absolute Gasteiger partial charge is 0.313 e. The molecule has 2 rings (SSSR count). The number of thioether (sulfide) groups is 1. The van der Waals surface area contributed by atoms with E-state index < -0.39 is 5.97 Å². The van der Waals surface area contributed by atoms with Gasteiger partial charge < -0.3 is 14.4 Å². The maximum Gasteiger partial charge on any atom is 0.313 e. The van der Waals surface area contributed by atoms with Gasteiger partial charge in [-0.05, 0) is 19.8 Å². The van der Waals surface area contributed by atoms with Crippen molar-refractivity contribution in [3.8, 4) is 0 Å². The van der Waals surface area contributed by atoms with Gasteiger partial charge in [0.25, 0.3) is 0 Å². The fraction of sp³-hybridized carbons (Fsp3) is 0.769. The Morgan fingerprint density at radius 2 is 2.30 bits per heavy atom. The van der Waals surface area contributed by atoms with E-state index in [2.05, 4.69) is 35.5 Å². The number of hydrogen-bond donors (Lipinski definition) is 1. The van der Waals surface area contributed by atoms with E-state index in [4.69, 9.17) is 9.84 Å². The molecule has 0 bridgehead atoms. The predicted octanol–water partition coefficient (Wildman–Crippen LogP) is 2.32. The molecule has 1 saturated heterocycles. The van der Waals surface area contributed by atoms with Crippen LogP contribution >= 0.6 is 11.8 Å². The van der Waals surface area contributed by atoms with Gasteiger partial charge in [-0.25, -0.2) is 0 Å². The zero-order chi connectivity index (χ0) is 14.7. The molecule has 2 heterocycles. The van der Waals surface area contributed by atoms with E-state index in [1.54, 1.807) is 0 Å². The molecule has 1 N–H and O–H groups in total. The molecule has 0 aliphatic carbocycles. The van der Waals surface area contributed by atoms with Crippen LogP contribution in [0.4, 0.5) is 0 Å². The zero-order valence-corrected chi connectivity index (χ0v) is 12.9. The minimum atomic E-state index is -0.837. The monoisotopic (exact) mass is 299 g/mol. The SMILES string of the molecule is CC1CC(n2c(SCC(=O)O)nnc2C(C)C)CCO1. The number of carbonyl (C=O) groups is 1. The van der Waals surface area contributed by atoms with Crippen molar-refractivity contribution in [3.63, 3.8) is 0 Å². The number of hydrogen-bond acceptors (Lipinski definition) is 5. The van der Waals surface area contributed by atoms with Crippen LogP contribution in [0.1, 0.15) is 51.4 Å². The van der Waals surface area contributed by atoms with Gasteiger partial charge >= 0.3 is 5.97 Å². The largest absolute Gasteiger partial charge is 0.481 e. The Morgan fingerprint density at radius 3 is 2.90 bits per heavy atom. The van der Waals surface area contributed by atoms with Gasteiger partial charge in [0.15, 0.2) is 5.16 Å². The molecule has 1 fully saturated rings. The van der Waals surface area contributed by atoms with Crippen molar-refractivity contribution in [2.45, 2.75) is 56.8 Å². The highest BCUT2D eigenvalue weighted by Crippen LogP contribution is 2.32. The molecule has 112 valence electrons. The molecule has 2 atom stereocenters. The van der Waals surface area contributed by atoms with Crippen LogP contribution in [-0.2, 0) is 9.53 Å². The van der Waals surface area contributed by atoms with Crippen molar-refractivity contribution in [1.29, 1.82) is 0 Å². The van der Waals surface area contributed by atoms with E-state index in [-0.39, 0.29) is 17.8 Å². The van der Waals surface area contributed by atoms with E-state index in [0.29, 0.717) is 11.2 Å². The molecule has 1 aliphatic rings. The maximum atomic E-state index is 10.8. The molecule has 2 unspecified atom stereocenters. The van der Waals surface area contributed by atoms with Crippen LogP contribution < -0.4 is 0 Å². The Kier molecular flexibility index (Phi) is 5.04. The second-order valence-electron chi connectivity index (χ2n) is 5.41. The van der Waals surface area contributed by atoms with Gasteiger partial charge in [0.2, 0.25) is 0 Å². The predicted molar refractivity (Wildman–Crippen MR) is 76.2 cm³/mol. The average Bonchev–Trinajstić information content (AvgIpc) is 2.80. The quantitative estimate of drug-likeness (QED) is 0.841. The van der Waals surface area contributed by atoms with E-state index >= 15 is 0 Å². The van der Waals surface area contributed by atoms with Crippen molar-refractivity contribution in [1.82, 2.24) is 14.8 Å². The standard InChI is InChI=1S/C13H21N3O3S/c1-8(2)12-14-15-13(20-7-11(17)18)16(12)10-4-5-19-9(3)6-10/h8-10H,4-7H2,1-3H3,(H,17,18). The topological polar surface area (TPSA) is 77.2 Å². The second kappa shape index (κ2) is 6.58. The number of ether oxygens (including phenoxy) is 1. The number of rotatable bonds is 5. The third kappa shape index (κ3) is 3.52. The average molecular weight is 299 g/mol. The van der Waals surface area contributed by atoms with E-state index in [1.807, 2.05) is 0 Å². The minimum Gasteiger partial charge on any atom is -0.481 e. The summed E-state index contributed by atoms with van der Waals surface area (Å²) >= 11 is 1.24. The van der Waals surface area contributed by atoms with Gasteiger partial charge in [0, 0.05) is 18.6 Å². The first-order valence-electron chi connectivity index (χ1n) is 6.90. The summed E-state index contributed by atoms with van der Waals surface area (Å²) in [7, 11) is 0. The summed E-state index contributed by atoms with van der Waals surface area (Å²) in [6.45, 7) is 6.95. The molecule has 1 aromatic heterocycles. The van der Waals surface area contributed by atoms with Gasteiger partial charge in [-0.3, -0.25) is 4.79 Å². The maximum absolute atomic E-state index is 10.8. The van der Waals surface area contributed by atoms with E-state index in [0.717, 1.165) is 25.3 Å². The normalized spacial score (nSPS) is 23.2. The van der Waals surface area contributed by atoms with Crippen LogP contribution in [0.15, 0.2) is 5.16 Å². The Balaban J connectivity index is 2.26. The van der Waals surface area contributed by atoms with E-state index in [9.17, 15) is 4.79 Å². The molecule has 7 heteroatoms. The summed E-state index contributed by atoms with van der Waals surface area (Å²) < 4.78 is 7.71. The molecule has 6 nitrogen and oxygen atoms in total. The Morgan fingerprint density at radius 1 is 1.55 bits per heavy atom. The lowest BCUT2D eigenvalue weighted by Gasteiger charge is -2.30. The number of aliphatic carboxylic acids is 1. The molecule has 1 aliphatic heterocycles. The summed E-state index contributed by atoms with van der Waals surface area (Å²) in [5.74, 6) is 0.363. The van der Waals surface area contributed by atoms with Crippen molar-refractivity contribution >= 4 is 17.7 Å². The van der Waals surface area contributed by atoms with Crippen molar-refractivity contribution in [3.05, 3.63) is 5.82 Å². The Labute approximate surface area is 122 Å². The number of carboxylic acids is 1. The van der Waals surface area contributed by atoms with Crippen molar-refractivity contribution < 1.29 is 14.6 Å². The van der Waals surface area contributed by atoms with Gasteiger partial charge in [-0.2, -0.15) is 0 Å². The molecular formula is C13H21N3O3S. The fourth-order valence-electron chi connectivity index (χ4n) is 2.46. The number of nitrogens with zero attached hydrogens (tertiary/aromatic N) is 3. The minimum absolute atomic E-state index is 0.00893. The lowest BCUT2D eigenvalue weighted by Crippen LogP contribution is -2.27. The van der Waals surface area contributed by atoms with Crippen molar-refractivity contribution in [2.75, 3.05) is 12.4 Å². The molecule has 0 aromatic carbocycles. The van der Waals surface area contributed by atoms with Gasteiger partial charge in [0.05, 0.1) is 11.9 Å². The first kappa shape index (κ1) is 15.3. The molecule has 20 heavy (non-hydrogen) atoms. The fourth-order valence-corrected chi connectivity index (χ4v) is 3.19. The highest BCUT2D eigenvalue weighted by atomic mass is 32.2. The first-order chi connectivity index (χ1) is 9.49. The molecule has 0 saturated carbocycles. The number of carboxylic acid groups (broad SMARTS) is 1.